The number of fused-ring (bicyclic) bond motifs is 1. The van der Waals surface area contributed by atoms with Crippen molar-refractivity contribution < 1.29 is 7.65 Å². The third-order valence-corrected chi connectivity index (χ3v) is 2.92. The van der Waals surface area contributed by atoms with Crippen LogP contribution in [0, 0.1) is 6.92 Å². The maximum absolute atomic E-state index is 10.5. The lowest BCUT2D eigenvalue weighted by molar-refractivity contribution is -0.109. The second-order valence-electron chi connectivity index (χ2n) is 4.15. The minimum Gasteiger partial charge on any atom is -0.361 e. The van der Waals surface area contributed by atoms with Crippen molar-refractivity contribution in [2.45, 2.75) is 25.8 Å². The summed E-state index contributed by atoms with van der Waals surface area (Å²) in [7, 11) is 0. The van der Waals surface area contributed by atoms with Crippen LogP contribution < -0.4 is 5.73 Å². The van der Waals surface area contributed by atoms with E-state index in [0.717, 1.165) is 18.2 Å². The van der Waals surface area contributed by atoms with Crippen LogP contribution in [0.2, 0.25) is 0 Å². The number of aryl methyl sites for hydroxylation is 2. The lowest BCUT2D eigenvalue weighted by atomic mass is 10.0. The van der Waals surface area contributed by atoms with E-state index < -0.39 is 0 Å². The standard InChI is InChI=1S/C13H16N2O.2H2/c1-9-3-2-4-12-13(9)10(7-15-12)5-6-11(14)8-16;;/h2-4,7-8,11,15H,5-6,14H2,1H3;2*1H. The topological polar surface area (TPSA) is 58.9 Å². The molecule has 2 aromatic rings. The van der Waals surface area contributed by atoms with Gasteiger partial charge in [-0.2, -0.15) is 0 Å². The Morgan fingerprint density at radius 1 is 1.56 bits per heavy atom. The molecule has 0 aliphatic rings. The molecule has 0 fully saturated rings. The third kappa shape index (κ3) is 1.99. The van der Waals surface area contributed by atoms with Crippen molar-refractivity contribution in [1.82, 2.24) is 4.98 Å². The minimum atomic E-state index is -0.353. The molecule has 1 aromatic heterocycles. The Morgan fingerprint density at radius 3 is 3.12 bits per heavy atom. The summed E-state index contributed by atoms with van der Waals surface area (Å²) in [6, 6.07) is 5.84. The first-order valence-electron chi connectivity index (χ1n) is 5.49. The number of aromatic amines is 1. The quantitative estimate of drug-likeness (QED) is 0.777. The van der Waals surface area contributed by atoms with Gasteiger partial charge in [0.1, 0.15) is 6.29 Å². The van der Waals surface area contributed by atoms with E-state index in [4.69, 9.17) is 5.73 Å². The van der Waals surface area contributed by atoms with E-state index in [1.54, 1.807) is 0 Å². The number of aromatic nitrogens is 1. The van der Waals surface area contributed by atoms with Gasteiger partial charge in [-0.1, -0.05) is 12.1 Å². The van der Waals surface area contributed by atoms with E-state index in [0.29, 0.717) is 6.42 Å². The Bertz CT molecular complexity index is 511. The van der Waals surface area contributed by atoms with Crippen molar-refractivity contribution in [1.29, 1.82) is 0 Å². The average molecular weight is 220 g/mol. The van der Waals surface area contributed by atoms with Gasteiger partial charge in [0.2, 0.25) is 0 Å². The summed E-state index contributed by atoms with van der Waals surface area (Å²) in [5.74, 6) is 0. The van der Waals surface area contributed by atoms with Crippen LogP contribution in [0.4, 0.5) is 0 Å². The molecule has 3 heteroatoms. The zero-order valence-electron chi connectivity index (χ0n) is 9.36. The number of aldehydes is 1. The van der Waals surface area contributed by atoms with E-state index in [2.05, 4.69) is 24.0 Å². The Kier molecular flexibility index (Phi) is 3.06. The van der Waals surface area contributed by atoms with Gasteiger partial charge < -0.3 is 15.5 Å². The lowest BCUT2D eigenvalue weighted by Crippen LogP contribution is -2.21. The van der Waals surface area contributed by atoms with Crippen LogP contribution >= 0.6 is 0 Å². The molecule has 0 saturated carbocycles. The van der Waals surface area contributed by atoms with Crippen molar-refractivity contribution in [2.75, 3.05) is 0 Å². The number of benzene rings is 1. The van der Waals surface area contributed by atoms with Crippen LogP contribution in [0.3, 0.4) is 0 Å². The summed E-state index contributed by atoms with van der Waals surface area (Å²) in [6.45, 7) is 2.10. The Hall–Kier alpha value is -1.61. The Labute approximate surface area is 97.6 Å². The third-order valence-electron chi connectivity index (χ3n) is 2.92. The molecule has 1 heterocycles. The van der Waals surface area contributed by atoms with Crippen molar-refractivity contribution in [3.05, 3.63) is 35.5 Å². The normalized spacial score (nSPS) is 12.9. The van der Waals surface area contributed by atoms with Gasteiger partial charge in [0.05, 0.1) is 6.04 Å². The SMILES string of the molecule is Cc1cccc2[nH]cc(CCC(N)C=O)c12.[HH].[HH]. The first-order valence-corrected chi connectivity index (χ1v) is 5.49. The molecule has 3 nitrogen and oxygen atoms in total. The van der Waals surface area contributed by atoms with Crippen LogP contribution in [0.5, 0.6) is 0 Å². The lowest BCUT2D eigenvalue weighted by Gasteiger charge is -2.04. The molecule has 0 saturated heterocycles. The molecule has 0 bridgehead atoms. The first-order chi connectivity index (χ1) is 7.72. The molecular formula is C13H20N2O. The fourth-order valence-corrected chi connectivity index (χ4v) is 2.04. The van der Waals surface area contributed by atoms with E-state index in [9.17, 15) is 4.79 Å². The van der Waals surface area contributed by atoms with Gasteiger partial charge >= 0.3 is 0 Å². The number of nitrogens with one attached hydrogen (secondary N) is 1. The van der Waals surface area contributed by atoms with Crippen LogP contribution in [-0.2, 0) is 11.2 Å². The number of carbonyl (C=O) groups is 1. The number of carbonyl (C=O) groups excluding carboxylic acids is 1. The monoisotopic (exact) mass is 220 g/mol. The summed E-state index contributed by atoms with van der Waals surface area (Å²) in [5.41, 5.74) is 9.24. The Morgan fingerprint density at radius 2 is 2.38 bits per heavy atom. The van der Waals surface area contributed by atoms with Crippen LogP contribution in [0.25, 0.3) is 10.9 Å². The maximum Gasteiger partial charge on any atom is 0.136 e. The number of rotatable bonds is 4. The highest BCUT2D eigenvalue weighted by Gasteiger charge is 2.07. The number of hydrogen-bond acceptors (Lipinski definition) is 2. The molecule has 3 N–H and O–H groups in total. The molecule has 16 heavy (non-hydrogen) atoms. The predicted molar refractivity (Wildman–Crippen MR) is 69.6 cm³/mol. The maximum atomic E-state index is 10.5. The second kappa shape index (κ2) is 4.49. The second-order valence-corrected chi connectivity index (χ2v) is 4.15. The van der Waals surface area contributed by atoms with Gasteiger partial charge in [-0.05, 0) is 37.0 Å². The van der Waals surface area contributed by atoms with Crippen LogP contribution in [0.15, 0.2) is 24.4 Å². The number of hydrogen-bond donors (Lipinski definition) is 2. The summed E-state index contributed by atoms with van der Waals surface area (Å²) in [6.07, 6.45) is 4.35. The highest BCUT2D eigenvalue weighted by Crippen LogP contribution is 2.23. The molecular weight excluding hydrogens is 200 g/mol. The number of H-pyrrole nitrogens is 1. The van der Waals surface area contributed by atoms with Gasteiger partial charge in [-0.3, -0.25) is 0 Å². The predicted octanol–water partition coefficient (Wildman–Crippen LogP) is 2.43. The zero-order chi connectivity index (χ0) is 11.5. The molecule has 0 radical (unpaired) electrons. The highest BCUT2D eigenvalue weighted by molar-refractivity contribution is 5.86. The number of nitrogens with two attached hydrogens (primary N) is 1. The van der Waals surface area contributed by atoms with Crippen molar-refractivity contribution in [3.8, 4) is 0 Å². The molecule has 0 aliphatic heterocycles. The van der Waals surface area contributed by atoms with Gasteiger partial charge in [-0.15, -0.1) is 0 Å². The molecule has 0 amide bonds. The largest absolute Gasteiger partial charge is 0.361 e. The molecule has 0 aliphatic carbocycles. The molecule has 1 unspecified atom stereocenters. The van der Waals surface area contributed by atoms with Gasteiger partial charge in [0.15, 0.2) is 0 Å². The van der Waals surface area contributed by atoms with E-state index in [1.165, 1.54) is 16.5 Å². The Balaban J connectivity index is 0.00000144. The van der Waals surface area contributed by atoms with E-state index in [1.807, 2.05) is 12.3 Å². The minimum absolute atomic E-state index is 0. The van der Waals surface area contributed by atoms with Crippen molar-refractivity contribution in [3.63, 3.8) is 0 Å². The summed E-state index contributed by atoms with van der Waals surface area (Å²) >= 11 is 0. The molecule has 2 rings (SSSR count). The van der Waals surface area contributed by atoms with E-state index in [-0.39, 0.29) is 8.90 Å². The van der Waals surface area contributed by atoms with Crippen LogP contribution in [0.1, 0.15) is 20.4 Å². The highest BCUT2D eigenvalue weighted by atomic mass is 16.1. The summed E-state index contributed by atoms with van der Waals surface area (Å²) < 4.78 is 0. The summed E-state index contributed by atoms with van der Waals surface area (Å²) in [4.78, 5) is 13.7. The smallest absolute Gasteiger partial charge is 0.136 e. The first kappa shape index (κ1) is 10.9. The zero-order valence-corrected chi connectivity index (χ0v) is 9.36. The van der Waals surface area contributed by atoms with Gasteiger partial charge in [0.25, 0.3) is 0 Å². The fraction of sp³-hybridized carbons (Fsp3) is 0.308. The molecule has 88 valence electrons. The van der Waals surface area contributed by atoms with Gasteiger partial charge in [0, 0.05) is 20.0 Å². The van der Waals surface area contributed by atoms with Crippen LogP contribution in [-0.4, -0.2) is 17.3 Å². The van der Waals surface area contributed by atoms with Crippen molar-refractivity contribution >= 4 is 17.2 Å². The molecule has 1 atom stereocenters. The molecule has 1 aromatic carbocycles. The average Bonchev–Trinajstić information content (AvgIpc) is 2.70. The fourth-order valence-electron chi connectivity index (χ4n) is 2.04. The van der Waals surface area contributed by atoms with Crippen molar-refractivity contribution in [2.24, 2.45) is 5.73 Å². The van der Waals surface area contributed by atoms with Gasteiger partial charge in [-0.25, -0.2) is 0 Å². The van der Waals surface area contributed by atoms with E-state index >= 15 is 0 Å². The summed E-state index contributed by atoms with van der Waals surface area (Å²) in [5, 5.41) is 1.26. The molecule has 0 spiro atoms.